The van der Waals surface area contributed by atoms with Crippen LogP contribution in [-0.2, 0) is 19.0 Å². The summed E-state index contributed by atoms with van der Waals surface area (Å²) in [6.07, 6.45) is 0. The van der Waals surface area contributed by atoms with E-state index < -0.39 is 30.4 Å². The Kier molecular flexibility index (Phi) is 7.92. The quantitative estimate of drug-likeness (QED) is 0.516. The fourth-order valence-electron chi connectivity index (χ4n) is 2.48. The number of esters is 3. The lowest BCUT2D eigenvalue weighted by atomic mass is 10.1. The molecule has 158 valence electrons. The summed E-state index contributed by atoms with van der Waals surface area (Å²) in [6, 6.07) is 10.3. The molecule has 0 saturated carbocycles. The van der Waals surface area contributed by atoms with Crippen molar-refractivity contribution in [3.63, 3.8) is 0 Å². The maximum atomic E-state index is 12.3. The fraction of sp³-hybridized carbons (Fsp3) is 0.238. The first-order valence-corrected chi connectivity index (χ1v) is 8.90. The molecule has 0 heterocycles. The lowest BCUT2D eigenvalue weighted by molar-refractivity contribution is -0.118. The number of nitrogens with one attached hydrogen (secondary N) is 1. The van der Waals surface area contributed by atoms with Gasteiger partial charge in [0.05, 0.1) is 32.0 Å². The molecular formula is C21H21NO8. The molecule has 0 spiro atoms. The van der Waals surface area contributed by atoms with E-state index in [1.807, 2.05) is 0 Å². The Balaban J connectivity index is 2.14. The zero-order valence-corrected chi connectivity index (χ0v) is 16.7. The van der Waals surface area contributed by atoms with Crippen molar-refractivity contribution in [1.82, 2.24) is 0 Å². The molecular weight excluding hydrogens is 394 g/mol. The monoisotopic (exact) mass is 415 g/mol. The molecule has 0 saturated heterocycles. The second-order valence-electron chi connectivity index (χ2n) is 5.84. The van der Waals surface area contributed by atoms with E-state index in [1.165, 1.54) is 44.6 Å². The number of ether oxygens (including phenoxy) is 4. The van der Waals surface area contributed by atoms with Crippen molar-refractivity contribution in [2.45, 2.75) is 6.92 Å². The number of carbonyl (C=O) groups excluding carboxylic acids is 4. The average molecular weight is 415 g/mol. The number of rotatable bonds is 8. The summed E-state index contributed by atoms with van der Waals surface area (Å²) < 4.78 is 19.7. The number of amides is 1. The lowest BCUT2D eigenvalue weighted by Crippen LogP contribution is -2.21. The molecule has 30 heavy (non-hydrogen) atoms. The summed E-state index contributed by atoms with van der Waals surface area (Å²) in [5.41, 5.74) is 0.479. The van der Waals surface area contributed by atoms with Gasteiger partial charge in [-0.15, -0.1) is 0 Å². The van der Waals surface area contributed by atoms with Gasteiger partial charge in [-0.2, -0.15) is 0 Å². The normalized spacial score (nSPS) is 9.97. The van der Waals surface area contributed by atoms with E-state index in [9.17, 15) is 19.2 Å². The zero-order valence-electron chi connectivity index (χ0n) is 16.7. The average Bonchev–Trinajstić information content (AvgIpc) is 2.76. The minimum Gasteiger partial charge on any atom is -0.483 e. The van der Waals surface area contributed by atoms with Crippen molar-refractivity contribution in [3.05, 3.63) is 59.2 Å². The van der Waals surface area contributed by atoms with Crippen molar-refractivity contribution in [2.24, 2.45) is 0 Å². The van der Waals surface area contributed by atoms with Gasteiger partial charge in [-0.3, -0.25) is 4.79 Å². The number of benzene rings is 2. The third-order valence-corrected chi connectivity index (χ3v) is 3.80. The molecule has 2 rings (SSSR count). The molecule has 9 heteroatoms. The fourth-order valence-corrected chi connectivity index (χ4v) is 2.48. The first-order valence-electron chi connectivity index (χ1n) is 8.90. The summed E-state index contributed by atoms with van der Waals surface area (Å²) in [5, 5.41) is 2.53. The highest BCUT2D eigenvalue weighted by Gasteiger charge is 2.17. The molecule has 0 radical (unpaired) electrons. The molecule has 0 bridgehead atoms. The van der Waals surface area contributed by atoms with Crippen molar-refractivity contribution in [1.29, 1.82) is 0 Å². The number of anilines is 1. The molecule has 0 aliphatic heterocycles. The second-order valence-corrected chi connectivity index (χ2v) is 5.84. The largest absolute Gasteiger partial charge is 0.483 e. The first-order chi connectivity index (χ1) is 14.4. The Bertz CT molecular complexity index is 920. The van der Waals surface area contributed by atoms with Gasteiger partial charge in [0.1, 0.15) is 11.3 Å². The Morgan fingerprint density at radius 3 is 2.03 bits per heavy atom. The molecule has 0 aliphatic carbocycles. The summed E-state index contributed by atoms with van der Waals surface area (Å²) in [4.78, 5) is 47.9. The molecule has 0 aromatic heterocycles. The SMILES string of the molecule is CCOC(=O)c1ccccc1OCC(=O)Nc1cc(C(=O)OC)cc(C(=O)OC)c1. The van der Waals surface area contributed by atoms with E-state index in [0.717, 1.165) is 0 Å². The van der Waals surface area contributed by atoms with Gasteiger partial charge >= 0.3 is 17.9 Å². The van der Waals surface area contributed by atoms with Gasteiger partial charge in [0.2, 0.25) is 0 Å². The maximum absolute atomic E-state index is 12.3. The minimum atomic E-state index is -0.684. The Morgan fingerprint density at radius 2 is 1.47 bits per heavy atom. The standard InChI is InChI=1S/C21H21NO8/c1-4-29-21(26)16-7-5-6-8-17(16)30-12-18(23)22-15-10-13(19(24)27-2)9-14(11-15)20(25)28-3/h5-11H,4,12H2,1-3H3,(H,22,23). The second kappa shape index (κ2) is 10.6. The minimum absolute atomic E-state index is 0.0595. The van der Waals surface area contributed by atoms with Gasteiger partial charge in [0, 0.05) is 5.69 Å². The highest BCUT2D eigenvalue weighted by molar-refractivity contribution is 6.00. The van der Waals surface area contributed by atoms with Crippen LogP contribution in [0.5, 0.6) is 5.75 Å². The summed E-state index contributed by atoms with van der Waals surface area (Å²) in [5.74, 6) is -2.33. The Morgan fingerprint density at radius 1 is 0.867 bits per heavy atom. The highest BCUT2D eigenvalue weighted by Crippen LogP contribution is 2.20. The van der Waals surface area contributed by atoms with E-state index in [4.69, 9.17) is 9.47 Å². The van der Waals surface area contributed by atoms with Gasteiger partial charge in [-0.25, -0.2) is 14.4 Å². The van der Waals surface area contributed by atoms with Gasteiger partial charge in [0.15, 0.2) is 6.61 Å². The van der Waals surface area contributed by atoms with Crippen LogP contribution in [-0.4, -0.2) is 51.2 Å². The van der Waals surface area contributed by atoms with E-state index in [2.05, 4.69) is 14.8 Å². The number of carbonyl (C=O) groups is 4. The zero-order chi connectivity index (χ0) is 22.1. The third-order valence-electron chi connectivity index (χ3n) is 3.80. The maximum Gasteiger partial charge on any atom is 0.341 e. The smallest absolute Gasteiger partial charge is 0.341 e. The molecule has 0 fully saturated rings. The first kappa shape index (κ1) is 22.4. The molecule has 1 N–H and O–H groups in total. The van der Waals surface area contributed by atoms with Crippen LogP contribution in [0.3, 0.4) is 0 Å². The van der Waals surface area contributed by atoms with Crippen molar-refractivity contribution >= 4 is 29.5 Å². The molecule has 2 aromatic rings. The van der Waals surface area contributed by atoms with Gasteiger partial charge in [-0.05, 0) is 37.3 Å². The molecule has 9 nitrogen and oxygen atoms in total. The van der Waals surface area contributed by atoms with Crippen LogP contribution in [0.4, 0.5) is 5.69 Å². The Hall–Kier alpha value is -3.88. The van der Waals surface area contributed by atoms with Crippen LogP contribution in [0.2, 0.25) is 0 Å². The van der Waals surface area contributed by atoms with Crippen LogP contribution in [0.25, 0.3) is 0 Å². The van der Waals surface area contributed by atoms with E-state index in [-0.39, 0.29) is 34.7 Å². The molecule has 1 amide bonds. The molecule has 0 unspecified atom stereocenters. The van der Waals surface area contributed by atoms with Crippen LogP contribution in [0.1, 0.15) is 38.0 Å². The summed E-state index contributed by atoms with van der Waals surface area (Å²) >= 11 is 0. The summed E-state index contributed by atoms with van der Waals surface area (Å²) in [7, 11) is 2.39. The molecule has 0 atom stereocenters. The van der Waals surface area contributed by atoms with Crippen molar-refractivity contribution in [3.8, 4) is 5.75 Å². The van der Waals surface area contributed by atoms with E-state index in [0.29, 0.717) is 0 Å². The Labute approximate surface area is 172 Å². The van der Waals surface area contributed by atoms with E-state index >= 15 is 0 Å². The van der Waals surface area contributed by atoms with E-state index in [1.54, 1.807) is 19.1 Å². The van der Waals surface area contributed by atoms with Crippen LogP contribution in [0.15, 0.2) is 42.5 Å². The topological polar surface area (TPSA) is 117 Å². The van der Waals surface area contributed by atoms with Gasteiger partial charge in [0.25, 0.3) is 5.91 Å². The molecule has 2 aromatic carbocycles. The number of hydrogen-bond donors (Lipinski definition) is 1. The third kappa shape index (κ3) is 5.81. The van der Waals surface area contributed by atoms with Crippen LogP contribution < -0.4 is 10.1 Å². The predicted molar refractivity (Wildman–Crippen MR) is 106 cm³/mol. The van der Waals surface area contributed by atoms with Gasteiger partial charge < -0.3 is 24.3 Å². The summed E-state index contributed by atoms with van der Waals surface area (Å²) in [6.45, 7) is 1.46. The van der Waals surface area contributed by atoms with Crippen molar-refractivity contribution in [2.75, 3.05) is 32.8 Å². The lowest BCUT2D eigenvalue weighted by Gasteiger charge is -2.12. The van der Waals surface area contributed by atoms with Gasteiger partial charge in [-0.1, -0.05) is 12.1 Å². The molecule has 0 aliphatic rings. The number of methoxy groups -OCH3 is 2. The number of para-hydroxylation sites is 1. The highest BCUT2D eigenvalue weighted by atomic mass is 16.5. The van der Waals surface area contributed by atoms with Crippen LogP contribution >= 0.6 is 0 Å². The van der Waals surface area contributed by atoms with Crippen molar-refractivity contribution < 1.29 is 38.1 Å². The number of hydrogen-bond acceptors (Lipinski definition) is 8. The van der Waals surface area contributed by atoms with Crippen LogP contribution in [0, 0.1) is 0 Å². The predicted octanol–water partition coefficient (Wildman–Crippen LogP) is 2.45.